The van der Waals surface area contributed by atoms with Crippen LogP contribution >= 0.6 is 0 Å². The van der Waals surface area contributed by atoms with E-state index in [-0.39, 0.29) is 0 Å². The standard InChI is InChI=1S/C12H25N3/c1-14-7-3-11(4-8-14)9-15(2)12(10-13)5-6-12/h11H,3-10,13H2,1-2H3. The van der Waals surface area contributed by atoms with Crippen LogP contribution in [0.5, 0.6) is 0 Å². The fourth-order valence-electron chi connectivity index (χ4n) is 2.71. The highest BCUT2D eigenvalue weighted by molar-refractivity contribution is 5.04. The molecule has 2 aliphatic rings. The molecule has 2 rings (SSSR count). The van der Waals surface area contributed by atoms with Gasteiger partial charge in [-0.15, -0.1) is 0 Å². The summed E-state index contributed by atoms with van der Waals surface area (Å²) in [5.41, 5.74) is 6.24. The summed E-state index contributed by atoms with van der Waals surface area (Å²) in [5.74, 6) is 0.898. The predicted octanol–water partition coefficient (Wildman–Crippen LogP) is 0.751. The molecule has 1 saturated carbocycles. The van der Waals surface area contributed by atoms with Gasteiger partial charge in [0.25, 0.3) is 0 Å². The molecule has 0 amide bonds. The van der Waals surface area contributed by atoms with E-state index in [0.717, 1.165) is 12.5 Å². The van der Waals surface area contributed by atoms with E-state index in [9.17, 15) is 0 Å². The van der Waals surface area contributed by atoms with E-state index in [1.54, 1.807) is 0 Å². The lowest BCUT2D eigenvalue weighted by molar-refractivity contribution is 0.142. The Balaban J connectivity index is 1.77. The molecule has 2 N–H and O–H groups in total. The summed E-state index contributed by atoms with van der Waals surface area (Å²) < 4.78 is 0. The predicted molar refractivity (Wildman–Crippen MR) is 63.9 cm³/mol. The van der Waals surface area contributed by atoms with Crippen LogP contribution < -0.4 is 5.73 Å². The minimum absolute atomic E-state index is 0.392. The molecule has 0 bridgehead atoms. The van der Waals surface area contributed by atoms with Crippen molar-refractivity contribution in [2.24, 2.45) is 11.7 Å². The molecule has 0 aromatic rings. The first-order chi connectivity index (χ1) is 7.16. The van der Waals surface area contributed by atoms with E-state index in [1.165, 1.54) is 45.3 Å². The first-order valence-electron chi connectivity index (χ1n) is 6.26. The first kappa shape index (κ1) is 11.4. The van der Waals surface area contributed by atoms with Gasteiger partial charge < -0.3 is 10.6 Å². The summed E-state index contributed by atoms with van der Waals surface area (Å²) in [5, 5.41) is 0. The zero-order valence-electron chi connectivity index (χ0n) is 10.2. The fourth-order valence-corrected chi connectivity index (χ4v) is 2.71. The lowest BCUT2D eigenvalue weighted by Gasteiger charge is -2.35. The molecule has 0 aromatic carbocycles. The van der Waals surface area contributed by atoms with Gasteiger partial charge in [0.1, 0.15) is 0 Å². The molecule has 3 heteroatoms. The van der Waals surface area contributed by atoms with Gasteiger partial charge in [0, 0.05) is 18.6 Å². The van der Waals surface area contributed by atoms with E-state index < -0.39 is 0 Å². The van der Waals surface area contributed by atoms with Crippen LogP contribution in [0.2, 0.25) is 0 Å². The van der Waals surface area contributed by atoms with Crippen molar-refractivity contribution in [1.29, 1.82) is 0 Å². The number of likely N-dealkylation sites (tertiary alicyclic amines) is 1. The lowest BCUT2D eigenvalue weighted by atomic mass is 9.96. The first-order valence-corrected chi connectivity index (χ1v) is 6.26. The molecule has 1 aliphatic carbocycles. The Kier molecular flexibility index (Phi) is 3.33. The number of nitrogens with two attached hydrogens (primary N) is 1. The van der Waals surface area contributed by atoms with Crippen molar-refractivity contribution < 1.29 is 0 Å². The normalized spacial score (nSPS) is 27.2. The second-order valence-electron chi connectivity index (χ2n) is 5.56. The minimum atomic E-state index is 0.392. The molecule has 0 spiro atoms. The molecule has 15 heavy (non-hydrogen) atoms. The topological polar surface area (TPSA) is 32.5 Å². The van der Waals surface area contributed by atoms with E-state index in [4.69, 9.17) is 5.73 Å². The van der Waals surface area contributed by atoms with Crippen LogP contribution in [0.15, 0.2) is 0 Å². The summed E-state index contributed by atoms with van der Waals surface area (Å²) >= 11 is 0. The Labute approximate surface area is 93.6 Å². The van der Waals surface area contributed by atoms with E-state index in [1.807, 2.05) is 0 Å². The zero-order chi connectivity index (χ0) is 10.9. The number of hydrogen-bond donors (Lipinski definition) is 1. The highest BCUT2D eigenvalue weighted by atomic mass is 15.2. The van der Waals surface area contributed by atoms with Crippen LogP contribution in [0.4, 0.5) is 0 Å². The van der Waals surface area contributed by atoms with Crippen molar-refractivity contribution in [2.75, 3.05) is 40.3 Å². The van der Waals surface area contributed by atoms with E-state index in [0.29, 0.717) is 5.54 Å². The molecule has 0 aromatic heterocycles. The molecule has 1 aliphatic heterocycles. The maximum Gasteiger partial charge on any atom is 0.0330 e. The highest BCUT2D eigenvalue weighted by Crippen LogP contribution is 2.40. The van der Waals surface area contributed by atoms with Crippen LogP contribution in [0.1, 0.15) is 25.7 Å². The Morgan fingerprint density at radius 3 is 2.40 bits per heavy atom. The minimum Gasteiger partial charge on any atom is -0.329 e. The monoisotopic (exact) mass is 211 g/mol. The Morgan fingerprint density at radius 2 is 1.93 bits per heavy atom. The summed E-state index contributed by atoms with van der Waals surface area (Å²) in [6, 6.07) is 0. The fraction of sp³-hybridized carbons (Fsp3) is 1.00. The number of nitrogens with zero attached hydrogens (tertiary/aromatic N) is 2. The SMILES string of the molecule is CN1CCC(CN(C)C2(CN)CC2)CC1. The average molecular weight is 211 g/mol. The maximum atomic E-state index is 5.85. The van der Waals surface area contributed by atoms with Gasteiger partial charge in [-0.05, 0) is 58.8 Å². The van der Waals surface area contributed by atoms with Gasteiger partial charge in [-0.3, -0.25) is 4.90 Å². The molecule has 0 radical (unpaired) electrons. The molecule has 1 saturated heterocycles. The summed E-state index contributed by atoms with van der Waals surface area (Å²) in [6.07, 6.45) is 5.35. The third-order valence-corrected chi connectivity index (χ3v) is 4.39. The van der Waals surface area contributed by atoms with E-state index in [2.05, 4.69) is 23.9 Å². The summed E-state index contributed by atoms with van der Waals surface area (Å²) in [4.78, 5) is 4.97. The van der Waals surface area contributed by atoms with Crippen molar-refractivity contribution in [3.63, 3.8) is 0 Å². The van der Waals surface area contributed by atoms with Crippen molar-refractivity contribution in [3.05, 3.63) is 0 Å². The molecule has 88 valence electrons. The molecule has 2 fully saturated rings. The van der Waals surface area contributed by atoms with Crippen molar-refractivity contribution in [1.82, 2.24) is 9.80 Å². The van der Waals surface area contributed by atoms with E-state index >= 15 is 0 Å². The van der Waals surface area contributed by atoms with Gasteiger partial charge in [-0.2, -0.15) is 0 Å². The molecule has 1 heterocycles. The third-order valence-electron chi connectivity index (χ3n) is 4.39. The van der Waals surface area contributed by atoms with Crippen molar-refractivity contribution in [2.45, 2.75) is 31.2 Å². The molecular formula is C12H25N3. The van der Waals surface area contributed by atoms with Gasteiger partial charge in [0.05, 0.1) is 0 Å². The third kappa shape index (κ3) is 2.52. The van der Waals surface area contributed by atoms with Crippen LogP contribution in [-0.2, 0) is 0 Å². The average Bonchev–Trinajstić information content (AvgIpc) is 3.02. The lowest BCUT2D eigenvalue weighted by Crippen LogP contribution is -2.44. The quantitative estimate of drug-likeness (QED) is 0.745. The van der Waals surface area contributed by atoms with Crippen molar-refractivity contribution >= 4 is 0 Å². The van der Waals surface area contributed by atoms with Crippen LogP contribution in [0, 0.1) is 5.92 Å². The number of likely N-dealkylation sites (N-methyl/N-ethyl adjacent to an activating group) is 1. The summed E-state index contributed by atoms with van der Waals surface area (Å²) in [6.45, 7) is 4.64. The molecule has 0 atom stereocenters. The molecule has 0 unspecified atom stereocenters. The number of hydrogen-bond acceptors (Lipinski definition) is 3. The molecular weight excluding hydrogens is 186 g/mol. The second kappa shape index (κ2) is 4.40. The van der Waals surface area contributed by atoms with Gasteiger partial charge in [-0.25, -0.2) is 0 Å². The van der Waals surface area contributed by atoms with Gasteiger partial charge in [0.15, 0.2) is 0 Å². The smallest absolute Gasteiger partial charge is 0.0330 e. The van der Waals surface area contributed by atoms with Gasteiger partial charge in [-0.1, -0.05) is 0 Å². The highest BCUT2D eigenvalue weighted by Gasteiger charge is 2.45. The van der Waals surface area contributed by atoms with Gasteiger partial charge >= 0.3 is 0 Å². The Hall–Kier alpha value is -0.120. The zero-order valence-corrected chi connectivity index (χ0v) is 10.2. The Bertz CT molecular complexity index is 205. The number of rotatable bonds is 4. The van der Waals surface area contributed by atoms with Crippen molar-refractivity contribution in [3.8, 4) is 0 Å². The van der Waals surface area contributed by atoms with Crippen LogP contribution in [0.3, 0.4) is 0 Å². The van der Waals surface area contributed by atoms with Crippen LogP contribution in [-0.4, -0.2) is 55.6 Å². The Morgan fingerprint density at radius 1 is 1.33 bits per heavy atom. The number of piperidine rings is 1. The largest absolute Gasteiger partial charge is 0.329 e. The molecule has 3 nitrogen and oxygen atoms in total. The maximum absolute atomic E-state index is 5.85. The summed E-state index contributed by atoms with van der Waals surface area (Å²) in [7, 11) is 4.49. The van der Waals surface area contributed by atoms with Gasteiger partial charge in [0.2, 0.25) is 0 Å². The van der Waals surface area contributed by atoms with Crippen LogP contribution in [0.25, 0.3) is 0 Å². The second-order valence-corrected chi connectivity index (χ2v) is 5.56.